The number of ether oxygens (including phenoxy) is 1. The molecule has 1 aliphatic rings. The third kappa shape index (κ3) is 4.76. The van der Waals surface area contributed by atoms with Crippen LogP contribution in [-0.2, 0) is 20.9 Å². The number of esters is 1. The van der Waals surface area contributed by atoms with E-state index in [1.165, 1.54) is 4.90 Å². The van der Waals surface area contributed by atoms with Gasteiger partial charge in [-0.15, -0.1) is 0 Å². The number of nitrogens with two attached hydrogens (primary N) is 1. The molecule has 22 heavy (non-hydrogen) atoms. The lowest BCUT2D eigenvalue weighted by Crippen LogP contribution is -2.62. The second-order valence-corrected chi connectivity index (χ2v) is 5.15. The van der Waals surface area contributed by atoms with Crippen molar-refractivity contribution in [2.45, 2.75) is 25.5 Å². The molecule has 3 amide bonds. The number of rotatable bonds is 6. The van der Waals surface area contributed by atoms with E-state index in [0.29, 0.717) is 13.1 Å². The van der Waals surface area contributed by atoms with E-state index < -0.39 is 12.0 Å². The van der Waals surface area contributed by atoms with Crippen LogP contribution in [0.2, 0.25) is 0 Å². The number of carbonyl (C=O) groups excluding carboxylic acids is 3. The number of nitrogens with one attached hydrogen (secondary N) is 1. The fourth-order valence-electron chi connectivity index (χ4n) is 2.08. The van der Waals surface area contributed by atoms with E-state index in [1.54, 1.807) is 0 Å². The van der Waals surface area contributed by atoms with Crippen molar-refractivity contribution in [1.29, 1.82) is 0 Å². The summed E-state index contributed by atoms with van der Waals surface area (Å²) in [6, 6.07) is 8.77. The van der Waals surface area contributed by atoms with Crippen LogP contribution in [0.5, 0.6) is 0 Å². The molecule has 1 saturated heterocycles. The Kier molecular flexibility index (Phi) is 5.35. The van der Waals surface area contributed by atoms with Gasteiger partial charge in [0.25, 0.3) is 0 Å². The van der Waals surface area contributed by atoms with Crippen LogP contribution in [-0.4, -0.2) is 41.9 Å². The van der Waals surface area contributed by atoms with Crippen molar-refractivity contribution in [3.05, 3.63) is 35.9 Å². The van der Waals surface area contributed by atoms with E-state index in [-0.39, 0.29) is 31.4 Å². The van der Waals surface area contributed by atoms with Gasteiger partial charge >= 0.3 is 12.0 Å². The van der Waals surface area contributed by atoms with Gasteiger partial charge in [-0.05, 0) is 5.56 Å². The highest BCUT2D eigenvalue weighted by Gasteiger charge is 2.30. The average Bonchev–Trinajstić information content (AvgIpc) is 2.47. The lowest BCUT2D eigenvalue weighted by Gasteiger charge is -2.38. The monoisotopic (exact) mass is 305 g/mol. The van der Waals surface area contributed by atoms with Gasteiger partial charge in [0.05, 0.1) is 12.5 Å². The van der Waals surface area contributed by atoms with Gasteiger partial charge in [0, 0.05) is 19.5 Å². The van der Waals surface area contributed by atoms with Crippen LogP contribution in [0.15, 0.2) is 30.3 Å². The van der Waals surface area contributed by atoms with Crippen molar-refractivity contribution in [3.63, 3.8) is 0 Å². The van der Waals surface area contributed by atoms with Gasteiger partial charge in [-0.3, -0.25) is 9.59 Å². The fourth-order valence-corrected chi connectivity index (χ4v) is 2.08. The third-order valence-corrected chi connectivity index (χ3v) is 3.36. The van der Waals surface area contributed by atoms with Crippen molar-refractivity contribution < 1.29 is 19.1 Å². The Balaban J connectivity index is 1.58. The molecule has 1 aliphatic heterocycles. The summed E-state index contributed by atoms with van der Waals surface area (Å²) in [7, 11) is 0. The smallest absolute Gasteiger partial charge is 0.314 e. The Morgan fingerprint density at radius 1 is 1.18 bits per heavy atom. The molecule has 7 nitrogen and oxygen atoms in total. The van der Waals surface area contributed by atoms with Crippen molar-refractivity contribution in [1.82, 2.24) is 10.2 Å². The molecule has 1 aromatic carbocycles. The first kappa shape index (κ1) is 15.8. The Morgan fingerprint density at radius 3 is 2.50 bits per heavy atom. The number of amides is 3. The Hall–Kier alpha value is -2.57. The first-order valence-corrected chi connectivity index (χ1v) is 7.08. The molecular weight excluding hydrogens is 286 g/mol. The first-order chi connectivity index (χ1) is 10.5. The summed E-state index contributed by atoms with van der Waals surface area (Å²) < 4.78 is 5.08. The number of primary amides is 1. The summed E-state index contributed by atoms with van der Waals surface area (Å²) in [5, 5.41) is 2.73. The van der Waals surface area contributed by atoms with E-state index in [9.17, 15) is 14.4 Å². The zero-order valence-electron chi connectivity index (χ0n) is 12.2. The SMILES string of the molecule is NC(=O)N1CC(NC(=O)CCC(=O)OCc2ccccc2)C1. The molecule has 1 aromatic rings. The maximum atomic E-state index is 11.6. The van der Waals surface area contributed by atoms with E-state index >= 15 is 0 Å². The molecule has 0 aliphatic carbocycles. The highest BCUT2D eigenvalue weighted by atomic mass is 16.5. The first-order valence-electron chi connectivity index (χ1n) is 7.08. The molecule has 0 radical (unpaired) electrons. The van der Waals surface area contributed by atoms with Gasteiger partial charge in [-0.1, -0.05) is 30.3 Å². The molecule has 0 spiro atoms. The second kappa shape index (κ2) is 7.44. The predicted octanol–water partition coefficient (Wildman–Crippen LogP) is 0.389. The van der Waals surface area contributed by atoms with E-state index in [1.807, 2.05) is 30.3 Å². The van der Waals surface area contributed by atoms with Crippen LogP contribution in [0.1, 0.15) is 18.4 Å². The van der Waals surface area contributed by atoms with E-state index in [4.69, 9.17) is 10.5 Å². The molecule has 118 valence electrons. The lowest BCUT2D eigenvalue weighted by molar-refractivity contribution is -0.146. The fraction of sp³-hybridized carbons (Fsp3) is 0.400. The molecule has 1 heterocycles. The van der Waals surface area contributed by atoms with Crippen molar-refractivity contribution in [2.24, 2.45) is 5.73 Å². The number of urea groups is 1. The maximum absolute atomic E-state index is 11.6. The normalized spacial score (nSPS) is 14.1. The Labute approximate surface area is 128 Å². The number of nitrogens with zero attached hydrogens (tertiary/aromatic N) is 1. The minimum Gasteiger partial charge on any atom is -0.461 e. The average molecular weight is 305 g/mol. The van der Waals surface area contributed by atoms with E-state index in [2.05, 4.69) is 5.32 Å². The van der Waals surface area contributed by atoms with Gasteiger partial charge in [0.15, 0.2) is 0 Å². The van der Waals surface area contributed by atoms with Crippen LogP contribution in [0.3, 0.4) is 0 Å². The summed E-state index contributed by atoms with van der Waals surface area (Å²) in [4.78, 5) is 35.4. The molecule has 3 N–H and O–H groups in total. The summed E-state index contributed by atoms with van der Waals surface area (Å²) >= 11 is 0. The Morgan fingerprint density at radius 2 is 1.86 bits per heavy atom. The van der Waals surface area contributed by atoms with Gasteiger partial charge in [-0.25, -0.2) is 4.79 Å². The van der Waals surface area contributed by atoms with Gasteiger partial charge in [0.2, 0.25) is 5.91 Å². The molecule has 0 saturated carbocycles. The second-order valence-electron chi connectivity index (χ2n) is 5.15. The number of hydrogen-bond donors (Lipinski definition) is 2. The van der Waals surface area contributed by atoms with Crippen LogP contribution >= 0.6 is 0 Å². The standard InChI is InChI=1S/C15H19N3O4/c16-15(21)18-8-12(9-18)17-13(19)6-7-14(20)22-10-11-4-2-1-3-5-11/h1-5,12H,6-10H2,(H2,16,21)(H,17,19). The van der Waals surface area contributed by atoms with Crippen molar-refractivity contribution >= 4 is 17.9 Å². The topological polar surface area (TPSA) is 102 Å². The number of hydrogen-bond acceptors (Lipinski definition) is 4. The largest absolute Gasteiger partial charge is 0.461 e. The number of likely N-dealkylation sites (tertiary alicyclic amines) is 1. The summed E-state index contributed by atoms with van der Waals surface area (Å²) in [5.41, 5.74) is 5.99. The molecule has 0 atom stereocenters. The molecule has 1 fully saturated rings. The quantitative estimate of drug-likeness (QED) is 0.742. The van der Waals surface area contributed by atoms with Gasteiger partial charge in [-0.2, -0.15) is 0 Å². The highest BCUT2D eigenvalue weighted by Crippen LogP contribution is 2.07. The van der Waals surface area contributed by atoms with Crippen molar-refractivity contribution in [3.8, 4) is 0 Å². The summed E-state index contributed by atoms with van der Waals surface area (Å²) in [6.07, 6.45) is 0.103. The van der Waals surface area contributed by atoms with Crippen LogP contribution in [0, 0.1) is 0 Å². The minimum atomic E-state index is -0.491. The molecule has 0 bridgehead atoms. The van der Waals surface area contributed by atoms with Gasteiger partial charge in [0.1, 0.15) is 6.61 Å². The lowest BCUT2D eigenvalue weighted by atomic mass is 10.1. The molecule has 0 aromatic heterocycles. The molecular formula is C15H19N3O4. The number of carbonyl (C=O) groups is 3. The molecule has 2 rings (SSSR count). The predicted molar refractivity (Wildman–Crippen MR) is 78.6 cm³/mol. The molecule has 7 heteroatoms. The highest BCUT2D eigenvalue weighted by molar-refractivity contribution is 5.82. The Bertz CT molecular complexity index is 541. The zero-order valence-corrected chi connectivity index (χ0v) is 12.2. The van der Waals surface area contributed by atoms with Crippen LogP contribution < -0.4 is 11.1 Å². The summed E-state index contributed by atoms with van der Waals surface area (Å²) in [5.74, 6) is -0.642. The van der Waals surface area contributed by atoms with E-state index in [0.717, 1.165) is 5.56 Å². The van der Waals surface area contributed by atoms with Crippen LogP contribution in [0.4, 0.5) is 4.79 Å². The third-order valence-electron chi connectivity index (χ3n) is 3.36. The van der Waals surface area contributed by atoms with Crippen LogP contribution in [0.25, 0.3) is 0 Å². The molecule has 0 unspecified atom stereocenters. The van der Waals surface area contributed by atoms with Gasteiger partial charge < -0.3 is 20.7 Å². The summed E-state index contributed by atoms with van der Waals surface area (Å²) in [6.45, 7) is 1.04. The number of benzene rings is 1. The maximum Gasteiger partial charge on any atom is 0.314 e. The minimum absolute atomic E-state index is 0.0327. The van der Waals surface area contributed by atoms with Crippen molar-refractivity contribution in [2.75, 3.05) is 13.1 Å². The zero-order chi connectivity index (χ0) is 15.9.